The van der Waals surface area contributed by atoms with E-state index in [-0.39, 0.29) is 0 Å². The Kier molecular flexibility index (Phi) is 5.56. The second-order valence-electron chi connectivity index (χ2n) is 6.13. The van der Waals surface area contributed by atoms with Crippen LogP contribution in [0.5, 0.6) is 0 Å². The molecule has 0 atom stereocenters. The van der Waals surface area contributed by atoms with Gasteiger partial charge in [0.2, 0.25) is 0 Å². The topological polar surface area (TPSA) is 110 Å². The Labute approximate surface area is 179 Å². The van der Waals surface area contributed by atoms with Crippen LogP contribution in [0.1, 0.15) is 22.8 Å². The third-order valence-corrected chi connectivity index (χ3v) is 6.00. The van der Waals surface area contributed by atoms with Crippen LogP contribution in [0.25, 0.3) is 21.6 Å². The number of nitrogens with zero attached hydrogens (tertiary/aromatic N) is 4. The van der Waals surface area contributed by atoms with Gasteiger partial charge in [-0.15, -0.1) is 22.7 Å². The maximum absolute atomic E-state index is 12.8. The van der Waals surface area contributed by atoms with Crippen LogP contribution in [0.2, 0.25) is 0 Å². The molecule has 8 nitrogen and oxygen atoms in total. The normalized spacial score (nSPS) is 10.7. The molecule has 0 saturated carbocycles. The van der Waals surface area contributed by atoms with Crippen molar-refractivity contribution < 1.29 is 14.3 Å². The fourth-order valence-electron chi connectivity index (χ4n) is 2.86. The number of fused-ring (bicyclic) bond motifs is 1. The summed E-state index contributed by atoms with van der Waals surface area (Å²) < 4.78 is 6.95. The first-order valence-corrected chi connectivity index (χ1v) is 10.7. The number of esters is 1. The minimum Gasteiger partial charge on any atom is -0.452 e. The third kappa shape index (κ3) is 3.80. The quantitative estimate of drug-likeness (QED) is 0.458. The number of rotatable bonds is 6. The number of anilines is 1. The summed E-state index contributed by atoms with van der Waals surface area (Å²) in [6, 6.07) is 9.08. The minimum absolute atomic E-state index is 0.296. The zero-order valence-electron chi connectivity index (χ0n) is 15.8. The molecule has 0 saturated heterocycles. The molecule has 0 spiro atoms. The molecule has 0 aliphatic rings. The van der Waals surface area contributed by atoms with E-state index < -0.39 is 18.5 Å². The highest BCUT2D eigenvalue weighted by Crippen LogP contribution is 2.28. The van der Waals surface area contributed by atoms with Gasteiger partial charge in [0.25, 0.3) is 5.91 Å². The highest BCUT2D eigenvalue weighted by molar-refractivity contribution is 7.14. The minimum atomic E-state index is -0.641. The summed E-state index contributed by atoms with van der Waals surface area (Å²) in [6.45, 7) is 2.07. The van der Waals surface area contributed by atoms with Gasteiger partial charge in [0.1, 0.15) is 11.1 Å². The van der Waals surface area contributed by atoms with Gasteiger partial charge >= 0.3 is 5.97 Å². The van der Waals surface area contributed by atoms with Crippen molar-refractivity contribution in [3.05, 3.63) is 52.3 Å². The van der Waals surface area contributed by atoms with Crippen LogP contribution in [0, 0.1) is 11.3 Å². The molecule has 0 aliphatic heterocycles. The maximum Gasteiger partial charge on any atom is 0.339 e. The second kappa shape index (κ2) is 8.44. The van der Waals surface area contributed by atoms with Crippen molar-refractivity contribution >= 4 is 50.6 Å². The number of nitriles is 1. The molecule has 1 amide bonds. The Morgan fingerprint density at radius 1 is 1.30 bits per heavy atom. The number of hydrogen-bond donors (Lipinski definition) is 1. The number of carbonyl (C=O) groups is 2. The number of pyridine rings is 1. The molecule has 30 heavy (non-hydrogen) atoms. The van der Waals surface area contributed by atoms with Crippen LogP contribution in [-0.4, -0.2) is 33.2 Å². The number of hydrogen-bond acceptors (Lipinski definition) is 8. The summed E-state index contributed by atoms with van der Waals surface area (Å²) in [6.07, 6.45) is 1.57. The van der Waals surface area contributed by atoms with Gasteiger partial charge in [0, 0.05) is 6.54 Å². The fourth-order valence-corrected chi connectivity index (χ4v) is 4.30. The van der Waals surface area contributed by atoms with Crippen LogP contribution < -0.4 is 5.32 Å². The molecular formula is C20H15N5O3S2. The van der Waals surface area contributed by atoms with Crippen molar-refractivity contribution in [1.82, 2.24) is 14.8 Å². The number of thiophene rings is 2. The second-order valence-corrected chi connectivity index (χ2v) is 7.99. The zero-order valence-corrected chi connectivity index (χ0v) is 17.4. The molecular weight excluding hydrogens is 422 g/mol. The largest absolute Gasteiger partial charge is 0.452 e. The summed E-state index contributed by atoms with van der Waals surface area (Å²) in [7, 11) is 0. The van der Waals surface area contributed by atoms with E-state index in [4.69, 9.17) is 10.00 Å². The first-order chi connectivity index (χ1) is 14.6. The summed E-state index contributed by atoms with van der Waals surface area (Å²) in [4.78, 5) is 30.5. The molecule has 0 radical (unpaired) electrons. The molecule has 150 valence electrons. The van der Waals surface area contributed by atoms with Crippen molar-refractivity contribution in [2.24, 2.45) is 0 Å². The highest BCUT2D eigenvalue weighted by atomic mass is 32.1. The van der Waals surface area contributed by atoms with Crippen LogP contribution >= 0.6 is 22.7 Å². The van der Waals surface area contributed by atoms with Crippen molar-refractivity contribution in [2.45, 2.75) is 13.5 Å². The fraction of sp³-hybridized carbons (Fsp3) is 0.150. The molecule has 0 aromatic carbocycles. The Morgan fingerprint density at radius 2 is 2.17 bits per heavy atom. The van der Waals surface area contributed by atoms with Gasteiger partial charge in [-0.2, -0.15) is 10.4 Å². The third-order valence-electron chi connectivity index (χ3n) is 4.28. The number of aryl methyl sites for hydroxylation is 1. The first kappa shape index (κ1) is 19.8. The van der Waals surface area contributed by atoms with Crippen molar-refractivity contribution in [3.8, 4) is 16.6 Å². The van der Waals surface area contributed by atoms with Gasteiger partial charge in [-0.3, -0.25) is 4.79 Å². The van der Waals surface area contributed by atoms with Gasteiger partial charge in [-0.05, 0) is 35.9 Å². The smallest absolute Gasteiger partial charge is 0.339 e. The molecule has 0 fully saturated rings. The molecule has 0 aliphatic carbocycles. The van der Waals surface area contributed by atoms with E-state index in [1.807, 2.05) is 30.5 Å². The van der Waals surface area contributed by atoms with E-state index >= 15 is 0 Å². The van der Waals surface area contributed by atoms with E-state index in [0.29, 0.717) is 39.4 Å². The molecule has 4 heterocycles. The number of aromatic nitrogens is 3. The predicted molar refractivity (Wildman–Crippen MR) is 114 cm³/mol. The Balaban J connectivity index is 1.57. The molecule has 4 rings (SSSR count). The van der Waals surface area contributed by atoms with Gasteiger partial charge < -0.3 is 10.1 Å². The zero-order chi connectivity index (χ0) is 21.1. The lowest BCUT2D eigenvalue weighted by molar-refractivity contribution is -0.119. The van der Waals surface area contributed by atoms with Crippen LogP contribution in [0.4, 0.5) is 5.00 Å². The lowest BCUT2D eigenvalue weighted by Gasteiger charge is -2.08. The summed E-state index contributed by atoms with van der Waals surface area (Å²) in [5, 5.41) is 20.5. The van der Waals surface area contributed by atoms with Crippen LogP contribution in [0.15, 0.2) is 41.2 Å². The SMILES string of the molecule is CCn1ncc2c(C(=O)OCC(=O)Nc3sccc3C#N)cc(-c3cccs3)nc21. The van der Waals surface area contributed by atoms with Crippen molar-refractivity contribution in [1.29, 1.82) is 5.26 Å². The lowest BCUT2D eigenvalue weighted by atomic mass is 10.1. The average Bonchev–Trinajstić information content (AvgIpc) is 3.51. The molecule has 10 heteroatoms. The monoisotopic (exact) mass is 437 g/mol. The molecule has 1 N–H and O–H groups in total. The standard InChI is InChI=1S/C20H15N5O3S2/c1-2-25-18-14(10-22-25)13(8-15(23-18)16-4-3-6-29-16)20(27)28-11-17(26)24-19-12(9-21)5-7-30-19/h3-8,10H,2,11H2,1H3,(H,24,26). The van der Waals surface area contributed by atoms with Crippen molar-refractivity contribution in [3.63, 3.8) is 0 Å². The summed E-state index contributed by atoms with van der Waals surface area (Å²) in [5.41, 5.74) is 1.88. The van der Waals surface area contributed by atoms with Crippen molar-refractivity contribution in [2.75, 3.05) is 11.9 Å². The number of ether oxygens (including phenoxy) is 1. The summed E-state index contributed by atoms with van der Waals surface area (Å²) >= 11 is 2.74. The van der Waals surface area contributed by atoms with Gasteiger partial charge in [-0.25, -0.2) is 14.5 Å². The number of carbonyl (C=O) groups excluding carboxylic acids is 2. The maximum atomic E-state index is 12.8. The van der Waals surface area contributed by atoms with Gasteiger partial charge in [-0.1, -0.05) is 6.07 Å². The molecule has 4 aromatic heterocycles. The first-order valence-electron chi connectivity index (χ1n) is 8.95. The van der Waals surface area contributed by atoms with Gasteiger partial charge in [0.15, 0.2) is 12.3 Å². The van der Waals surface area contributed by atoms with E-state index in [2.05, 4.69) is 15.4 Å². The average molecular weight is 438 g/mol. The summed E-state index contributed by atoms with van der Waals surface area (Å²) in [5.74, 6) is -1.16. The lowest BCUT2D eigenvalue weighted by Crippen LogP contribution is -2.21. The van der Waals surface area contributed by atoms with Gasteiger partial charge in [0.05, 0.1) is 33.3 Å². The van der Waals surface area contributed by atoms with Crippen LogP contribution in [-0.2, 0) is 16.1 Å². The van der Waals surface area contributed by atoms with E-state index in [1.54, 1.807) is 28.4 Å². The number of nitrogens with one attached hydrogen (secondary N) is 1. The number of amides is 1. The predicted octanol–water partition coefficient (Wildman–Crippen LogP) is 3.91. The van der Waals surface area contributed by atoms with E-state index in [1.165, 1.54) is 22.7 Å². The Hall–Kier alpha value is -3.55. The Bertz CT molecular complexity index is 1270. The van der Waals surface area contributed by atoms with E-state index in [9.17, 15) is 9.59 Å². The Morgan fingerprint density at radius 3 is 2.90 bits per heavy atom. The molecule has 4 aromatic rings. The van der Waals surface area contributed by atoms with E-state index in [0.717, 1.165) is 4.88 Å². The van der Waals surface area contributed by atoms with Crippen LogP contribution in [0.3, 0.4) is 0 Å². The molecule has 0 bridgehead atoms. The molecule has 0 unspecified atom stereocenters. The highest BCUT2D eigenvalue weighted by Gasteiger charge is 2.20.